The van der Waals surface area contributed by atoms with Gasteiger partial charge in [0.2, 0.25) is 0 Å². The smallest absolute Gasteiger partial charge is 0.0367 e. The third-order valence-corrected chi connectivity index (χ3v) is 4.37. The molecule has 0 spiro atoms. The number of hydrogen-bond donors (Lipinski definition) is 5. The summed E-state index contributed by atoms with van der Waals surface area (Å²) in [7, 11) is 0. The second-order valence-corrected chi connectivity index (χ2v) is 5.73. The van der Waals surface area contributed by atoms with Gasteiger partial charge in [0.1, 0.15) is 0 Å². The van der Waals surface area contributed by atoms with Crippen molar-refractivity contribution in [2.24, 2.45) is 0 Å². The molecule has 0 heterocycles. The average molecular weight is 280 g/mol. The largest absolute Gasteiger partial charge is 0.315 e. The van der Waals surface area contributed by atoms with Crippen molar-refractivity contribution in [3.05, 3.63) is 0 Å². The fourth-order valence-electron chi connectivity index (χ4n) is 1.58. The van der Waals surface area contributed by atoms with E-state index in [1.165, 1.54) is 0 Å². The number of rotatable bonds is 10. The number of likely N-dealkylation sites (N-methyl/N-ethyl adjacent to an activating group) is 2. The lowest BCUT2D eigenvalue weighted by molar-refractivity contribution is 0.305. The Morgan fingerprint density at radius 1 is 0.824 bits per heavy atom. The summed E-state index contributed by atoms with van der Waals surface area (Å²) in [6.45, 7) is 12.4. The van der Waals surface area contributed by atoms with Gasteiger partial charge in [-0.2, -0.15) is 25.3 Å². The Balaban J connectivity index is 4.27. The Labute approximate surface area is 118 Å². The van der Waals surface area contributed by atoms with Crippen molar-refractivity contribution < 1.29 is 0 Å². The second kappa shape index (κ2) is 8.64. The minimum atomic E-state index is 0.0265. The monoisotopic (exact) mass is 279 g/mol. The fraction of sp³-hybridized carbons (Fsp3) is 1.00. The highest BCUT2D eigenvalue weighted by Gasteiger charge is 2.27. The maximum Gasteiger partial charge on any atom is 0.0367 e. The lowest BCUT2D eigenvalue weighted by Crippen LogP contribution is -2.60. The van der Waals surface area contributed by atoms with Crippen LogP contribution in [0.25, 0.3) is 0 Å². The van der Waals surface area contributed by atoms with Crippen LogP contribution in [0, 0.1) is 0 Å². The summed E-state index contributed by atoms with van der Waals surface area (Å²) in [5.41, 5.74) is 0.0625. The number of nitrogens with one attached hydrogen (secondary N) is 3. The molecule has 2 atom stereocenters. The zero-order valence-electron chi connectivity index (χ0n) is 11.6. The summed E-state index contributed by atoms with van der Waals surface area (Å²) in [4.78, 5) is 0. The molecule has 3 N–H and O–H groups in total. The number of thiol groups is 2. The normalized spacial score (nSPS) is 18.7. The average Bonchev–Trinajstić information content (AvgIpc) is 2.34. The maximum absolute atomic E-state index is 4.44. The highest BCUT2D eigenvalue weighted by atomic mass is 32.1. The zero-order chi connectivity index (χ0) is 13.4. The molecule has 0 bridgehead atoms. The van der Waals surface area contributed by atoms with Gasteiger partial charge in [0, 0.05) is 35.7 Å². The van der Waals surface area contributed by atoms with Gasteiger partial charge in [-0.1, -0.05) is 13.8 Å². The molecular weight excluding hydrogens is 250 g/mol. The topological polar surface area (TPSA) is 36.1 Å². The molecule has 0 fully saturated rings. The van der Waals surface area contributed by atoms with Crippen molar-refractivity contribution in [1.29, 1.82) is 0 Å². The Hall–Kier alpha value is 0.580. The predicted molar refractivity (Wildman–Crippen MR) is 84.7 cm³/mol. The molecule has 104 valence electrons. The predicted octanol–water partition coefficient (Wildman–Crippen LogP) is 1.17. The van der Waals surface area contributed by atoms with Gasteiger partial charge in [-0.3, -0.25) is 0 Å². The first-order valence-corrected chi connectivity index (χ1v) is 7.64. The van der Waals surface area contributed by atoms with E-state index in [0.29, 0.717) is 0 Å². The van der Waals surface area contributed by atoms with Gasteiger partial charge in [0.15, 0.2) is 0 Å². The minimum Gasteiger partial charge on any atom is -0.315 e. The standard InChI is InChI=1S/C12H29N3S2/c1-5-13-7-11(3,9-16)15-8-12(4,10-17)14-6-2/h13-17H,5-10H2,1-4H3/t11-,12+/m0/s1. The lowest BCUT2D eigenvalue weighted by Gasteiger charge is -2.36. The van der Waals surface area contributed by atoms with Crippen molar-refractivity contribution in [3.63, 3.8) is 0 Å². The molecule has 0 unspecified atom stereocenters. The van der Waals surface area contributed by atoms with E-state index in [1.54, 1.807) is 0 Å². The van der Waals surface area contributed by atoms with E-state index in [1.807, 2.05) is 0 Å². The third-order valence-electron chi connectivity index (χ3n) is 2.97. The van der Waals surface area contributed by atoms with Crippen LogP contribution in [0.2, 0.25) is 0 Å². The van der Waals surface area contributed by atoms with Gasteiger partial charge < -0.3 is 16.0 Å². The molecule has 0 aliphatic heterocycles. The van der Waals surface area contributed by atoms with Crippen molar-refractivity contribution in [2.45, 2.75) is 38.8 Å². The van der Waals surface area contributed by atoms with E-state index in [0.717, 1.165) is 37.7 Å². The van der Waals surface area contributed by atoms with Gasteiger partial charge in [-0.25, -0.2) is 0 Å². The molecular formula is C12H29N3S2. The Morgan fingerprint density at radius 3 is 1.76 bits per heavy atom. The van der Waals surface area contributed by atoms with Crippen LogP contribution in [0.1, 0.15) is 27.7 Å². The van der Waals surface area contributed by atoms with Gasteiger partial charge in [0.05, 0.1) is 0 Å². The molecule has 0 aromatic carbocycles. The van der Waals surface area contributed by atoms with Crippen LogP contribution in [0.5, 0.6) is 0 Å². The second-order valence-electron chi connectivity index (χ2n) is 5.10. The molecule has 0 aromatic heterocycles. The Bertz CT molecular complexity index is 204. The molecule has 0 aromatic rings. The van der Waals surface area contributed by atoms with Crippen LogP contribution in [0.15, 0.2) is 0 Å². The van der Waals surface area contributed by atoms with Crippen LogP contribution in [-0.4, -0.2) is 48.8 Å². The first-order chi connectivity index (χ1) is 7.95. The van der Waals surface area contributed by atoms with E-state index in [9.17, 15) is 0 Å². The number of hydrogen-bond acceptors (Lipinski definition) is 5. The Morgan fingerprint density at radius 2 is 1.35 bits per heavy atom. The van der Waals surface area contributed by atoms with Crippen LogP contribution in [-0.2, 0) is 0 Å². The fourth-order valence-corrected chi connectivity index (χ4v) is 2.03. The van der Waals surface area contributed by atoms with Crippen molar-refractivity contribution in [1.82, 2.24) is 16.0 Å². The summed E-state index contributed by atoms with van der Waals surface area (Å²) >= 11 is 8.87. The SMILES string of the molecule is CCNC[C@@](C)(CS)NC[C@](C)(CS)NCC. The molecule has 0 aliphatic carbocycles. The summed E-state index contributed by atoms with van der Waals surface area (Å²) in [6.07, 6.45) is 0. The maximum atomic E-state index is 4.44. The molecule has 3 nitrogen and oxygen atoms in total. The van der Waals surface area contributed by atoms with E-state index >= 15 is 0 Å². The van der Waals surface area contributed by atoms with Crippen molar-refractivity contribution in [2.75, 3.05) is 37.7 Å². The van der Waals surface area contributed by atoms with Gasteiger partial charge in [0.25, 0.3) is 0 Å². The van der Waals surface area contributed by atoms with Gasteiger partial charge >= 0.3 is 0 Å². The summed E-state index contributed by atoms with van der Waals surface area (Å²) < 4.78 is 0. The van der Waals surface area contributed by atoms with E-state index in [2.05, 4.69) is 68.9 Å². The van der Waals surface area contributed by atoms with E-state index < -0.39 is 0 Å². The zero-order valence-corrected chi connectivity index (χ0v) is 13.4. The quantitative estimate of drug-likeness (QED) is 0.390. The lowest BCUT2D eigenvalue weighted by atomic mass is 10.00. The Kier molecular flexibility index (Phi) is 8.94. The van der Waals surface area contributed by atoms with E-state index in [4.69, 9.17) is 0 Å². The van der Waals surface area contributed by atoms with Crippen molar-refractivity contribution in [3.8, 4) is 0 Å². The summed E-state index contributed by atoms with van der Waals surface area (Å²) in [5, 5.41) is 10.5. The molecule has 0 aliphatic rings. The van der Waals surface area contributed by atoms with Crippen LogP contribution < -0.4 is 16.0 Å². The van der Waals surface area contributed by atoms with Crippen LogP contribution in [0.4, 0.5) is 0 Å². The molecule has 5 heteroatoms. The molecule has 0 saturated heterocycles. The molecule has 0 radical (unpaired) electrons. The van der Waals surface area contributed by atoms with Gasteiger partial charge in [-0.05, 0) is 26.9 Å². The first kappa shape index (κ1) is 17.6. The highest BCUT2D eigenvalue weighted by Crippen LogP contribution is 2.10. The van der Waals surface area contributed by atoms with Gasteiger partial charge in [-0.15, -0.1) is 0 Å². The van der Waals surface area contributed by atoms with E-state index in [-0.39, 0.29) is 11.1 Å². The minimum absolute atomic E-state index is 0.0265. The molecule has 0 amide bonds. The van der Waals surface area contributed by atoms with Crippen LogP contribution in [0.3, 0.4) is 0 Å². The summed E-state index contributed by atoms with van der Waals surface area (Å²) in [6, 6.07) is 0. The molecule has 17 heavy (non-hydrogen) atoms. The molecule has 0 saturated carbocycles. The third kappa shape index (κ3) is 6.91. The molecule has 0 rings (SSSR count). The highest BCUT2D eigenvalue weighted by molar-refractivity contribution is 7.80. The first-order valence-electron chi connectivity index (χ1n) is 6.38. The summed E-state index contributed by atoms with van der Waals surface area (Å²) in [5.74, 6) is 1.63. The van der Waals surface area contributed by atoms with Crippen LogP contribution >= 0.6 is 25.3 Å². The van der Waals surface area contributed by atoms with Crippen molar-refractivity contribution >= 4 is 25.3 Å².